The van der Waals surface area contributed by atoms with Gasteiger partial charge in [0.05, 0.1) is 0 Å². The van der Waals surface area contributed by atoms with Crippen molar-refractivity contribution in [1.29, 1.82) is 0 Å². The van der Waals surface area contributed by atoms with E-state index in [1.165, 1.54) is 12.1 Å². The van der Waals surface area contributed by atoms with Crippen LogP contribution >= 0.6 is 0 Å². The second-order valence-corrected chi connectivity index (χ2v) is 5.96. The SMILES string of the molecule is CC(C)C[C@H]1NC(=O)N(CC(=O)NCc2ccc(F)cc2)C1=O. The number of hydrogen-bond donors (Lipinski definition) is 2. The topological polar surface area (TPSA) is 78.5 Å². The zero-order valence-electron chi connectivity index (χ0n) is 13.1. The Labute approximate surface area is 134 Å². The van der Waals surface area contributed by atoms with Crippen LogP contribution in [0.1, 0.15) is 25.8 Å². The smallest absolute Gasteiger partial charge is 0.325 e. The first-order chi connectivity index (χ1) is 10.9. The van der Waals surface area contributed by atoms with Gasteiger partial charge in [0.25, 0.3) is 5.91 Å². The van der Waals surface area contributed by atoms with Crippen LogP contribution in [0.4, 0.5) is 9.18 Å². The van der Waals surface area contributed by atoms with Gasteiger partial charge in [0, 0.05) is 6.54 Å². The molecule has 1 atom stereocenters. The third-order valence-corrected chi connectivity index (χ3v) is 3.52. The predicted molar refractivity (Wildman–Crippen MR) is 81.7 cm³/mol. The van der Waals surface area contributed by atoms with Gasteiger partial charge < -0.3 is 10.6 Å². The van der Waals surface area contributed by atoms with E-state index in [1.807, 2.05) is 13.8 Å². The van der Waals surface area contributed by atoms with Crippen molar-refractivity contribution in [2.45, 2.75) is 32.9 Å². The quantitative estimate of drug-likeness (QED) is 0.778. The number of nitrogens with one attached hydrogen (secondary N) is 2. The number of imide groups is 1. The van der Waals surface area contributed by atoms with Gasteiger partial charge in [0.1, 0.15) is 18.4 Å². The third kappa shape index (κ3) is 4.51. The maximum atomic E-state index is 12.8. The van der Waals surface area contributed by atoms with Crippen LogP contribution in [0.25, 0.3) is 0 Å². The van der Waals surface area contributed by atoms with Crippen LogP contribution in [0.5, 0.6) is 0 Å². The summed E-state index contributed by atoms with van der Waals surface area (Å²) in [5, 5.41) is 5.19. The molecule has 0 aromatic heterocycles. The number of rotatable bonds is 6. The van der Waals surface area contributed by atoms with Crippen molar-refractivity contribution in [3.63, 3.8) is 0 Å². The van der Waals surface area contributed by atoms with Crippen molar-refractivity contribution in [2.75, 3.05) is 6.54 Å². The molecule has 4 amide bonds. The number of hydrogen-bond acceptors (Lipinski definition) is 3. The molecule has 0 saturated carbocycles. The fraction of sp³-hybridized carbons (Fsp3) is 0.438. The summed E-state index contributed by atoms with van der Waals surface area (Å²) in [6, 6.07) is 4.61. The van der Waals surface area contributed by atoms with E-state index in [4.69, 9.17) is 0 Å². The summed E-state index contributed by atoms with van der Waals surface area (Å²) in [4.78, 5) is 36.7. The van der Waals surface area contributed by atoms with Crippen LogP contribution < -0.4 is 10.6 Å². The molecule has 0 unspecified atom stereocenters. The Kier molecular flexibility index (Phi) is 5.31. The first-order valence-corrected chi connectivity index (χ1v) is 7.50. The minimum atomic E-state index is -0.563. The van der Waals surface area contributed by atoms with Crippen molar-refractivity contribution in [3.05, 3.63) is 35.6 Å². The van der Waals surface area contributed by atoms with Gasteiger partial charge in [0.2, 0.25) is 5.91 Å². The highest BCUT2D eigenvalue weighted by Crippen LogP contribution is 2.13. The van der Waals surface area contributed by atoms with E-state index in [9.17, 15) is 18.8 Å². The maximum Gasteiger partial charge on any atom is 0.325 e. The molecule has 6 nitrogen and oxygen atoms in total. The van der Waals surface area contributed by atoms with Crippen LogP contribution in [-0.2, 0) is 16.1 Å². The summed E-state index contributed by atoms with van der Waals surface area (Å²) in [5.74, 6) is -0.907. The second kappa shape index (κ2) is 7.21. The van der Waals surface area contributed by atoms with Crippen LogP contribution in [0.15, 0.2) is 24.3 Å². The first kappa shape index (κ1) is 16.9. The normalized spacial score (nSPS) is 17.6. The lowest BCUT2D eigenvalue weighted by Gasteiger charge is -2.13. The van der Waals surface area contributed by atoms with Gasteiger partial charge in [0.15, 0.2) is 0 Å². The summed E-state index contributed by atoms with van der Waals surface area (Å²) in [6.45, 7) is 3.80. The predicted octanol–water partition coefficient (Wildman–Crippen LogP) is 1.41. The van der Waals surface area contributed by atoms with Crippen molar-refractivity contribution < 1.29 is 18.8 Å². The number of amides is 4. The summed E-state index contributed by atoms with van der Waals surface area (Å²) < 4.78 is 12.8. The zero-order chi connectivity index (χ0) is 17.0. The van der Waals surface area contributed by atoms with E-state index in [0.717, 1.165) is 10.5 Å². The summed E-state index contributed by atoms with van der Waals surface area (Å²) >= 11 is 0. The average Bonchev–Trinajstić information content (AvgIpc) is 2.73. The molecule has 1 fully saturated rings. The standard InChI is InChI=1S/C16H20FN3O3/c1-10(2)7-13-15(22)20(16(23)19-13)9-14(21)18-8-11-3-5-12(17)6-4-11/h3-6,10,13H,7-9H2,1-2H3,(H,18,21)(H,19,23)/t13-/m1/s1. The molecule has 1 aliphatic heterocycles. The van der Waals surface area contributed by atoms with Crippen molar-refractivity contribution in [2.24, 2.45) is 5.92 Å². The lowest BCUT2D eigenvalue weighted by Crippen LogP contribution is -2.41. The van der Waals surface area contributed by atoms with Crippen LogP contribution in [0.2, 0.25) is 0 Å². The summed E-state index contributed by atoms with van der Waals surface area (Å²) in [5.41, 5.74) is 0.731. The number of carbonyl (C=O) groups excluding carboxylic acids is 3. The Morgan fingerprint density at radius 1 is 1.30 bits per heavy atom. The molecule has 7 heteroatoms. The van der Waals surface area contributed by atoms with Gasteiger partial charge in [-0.05, 0) is 30.0 Å². The van der Waals surface area contributed by atoms with Crippen molar-refractivity contribution in [1.82, 2.24) is 15.5 Å². The van der Waals surface area contributed by atoms with Gasteiger partial charge in [-0.2, -0.15) is 0 Å². The third-order valence-electron chi connectivity index (χ3n) is 3.52. The maximum absolute atomic E-state index is 12.8. The Bertz CT molecular complexity index is 601. The number of halogens is 1. The molecule has 1 aromatic carbocycles. The molecule has 0 bridgehead atoms. The Balaban J connectivity index is 1.86. The molecule has 1 heterocycles. The Morgan fingerprint density at radius 3 is 2.57 bits per heavy atom. The highest BCUT2D eigenvalue weighted by Gasteiger charge is 2.38. The van der Waals surface area contributed by atoms with E-state index in [0.29, 0.717) is 6.42 Å². The van der Waals surface area contributed by atoms with Gasteiger partial charge in [-0.3, -0.25) is 14.5 Å². The minimum Gasteiger partial charge on any atom is -0.350 e. The van der Waals surface area contributed by atoms with Gasteiger partial charge in [-0.25, -0.2) is 9.18 Å². The first-order valence-electron chi connectivity index (χ1n) is 7.50. The number of urea groups is 1. The molecule has 2 N–H and O–H groups in total. The van der Waals surface area contributed by atoms with Crippen molar-refractivity contribution >= 4 is 17.8 Å². The fourth-order valence-corrected chi connectivity index (χ4v) is 2.36. The second-order valence-electron chi connectivity index (χ2n) is 5.96. The van der Waals surface area contributed by atoms with E-state index in [1.54, 1.807) is 12.1 Å². The number of nitrogens with zero attached hydrogens (tertiary/aromatic N) is 1. The molecule has 2 rings (SSSR count). The van der Waals surface area contributed by atoms with Gasteiger partial charge >= 0.3 is 6.03 Å². The lowest BCUT2D eigenvalue weighted by molar-refractivity contribution is -0.132. The van der Waals surface area contributed by atoms with Crippen molar-refractivity contribution in [3.8, 4) is 0 Å². The zero-order valence-corrected chi connectivity index (χ0v) is 13.1. The van der Waals surface area contributed by atoms with Gasteiger partial charge in [-0.15, -0.1) is 0 Å². The molecular formula is C16H20FN3O3. The Morgan fingerprint density at radius 2 is 1.96 bits per heavy atom. The number of benzene rings is 1. The van der Waals surface area contributed by atoms with Crippen LogP contribution in [0.3, 0.4) is 0 Å². The largest absolute Gasteiger partial charge is 0.350 e. The molecule has 0 spiro atoms. The molecule has 0 radical (unpaired) electrons. The minimum absolute atomic E-state index is 0.207. The van der Waals surface area contributed by atoms with E-state index in [-0.39, 0.29) is 30.7 Å². The van der Waals surface area contributed by atoms with E-state index >= 15 is 0 Å². The number of carbonyl (C=O) groups is 3. The Hall–Kier alpha value is -2.44. The molecule has 1 aliphatic rings. The molecular weight excluding hydrogens is 301 g/mol. The van der Waals surface area contributed by atoms with Crippen LogP contribution in [0, 0.1) is 11.7 Å². The van der Waals surface area contributed by atoms with Crippen LogP contribution in [-0.4, -0.2) is 35.3 Å². The van der Waals surface area contributed by atoms with E-state index in [2.05, 4.69) is 10.6 Å². The van der Waals surface area contributed by atoms with Gasteiger partial charge in [-0.1, -0.05) is 26.0 Å². The molecule has 0 aliphatic carbocycles. The molecule has 1 saturated heterocycles. The summed E-state index contributed by atoms with van der Waals surface area (Å²) in [7, 11) is 0. The molecule has 124 valence electrons. The average molecular weight is 321 g/mol. The fourth-order valence-electron chi connectivity index (χ4n) is 2.36. The highest BCUT2D eigenvalue weighted by molar-refractivity contribution is 6.06. The molecule has 23 heavy (non-hydrogen) atoms. The monoisotopic (exact) mass is 321 g/mol. The van der Waals surface area contributed by atoms with E-state index < -0.39 is 18.0 Å². The lowest BCUT2D eigenvalue weighted by atomic mass is 10.0. The highest BCUT2D eigenvalue weighted by atomic mass is 19.1. The summed E-state index contributed by atoms with van der Waals surface area (Å²) in [6.07, 6.45) is 0.540. The molecule has 1 aromatic rings.